The largest absolute Gasteiger partial charge is 0.444 e. The van der Waals surface area contributed by atoms with Crippen molar-refractivity contribution in [2.45, 2.75) is 25.4 Å². The molecule has 2 rings (SSSR count). The van der Waals surface area contributed by atoms with E-state index in [-0.39, 0.29) is 18.0 Å². The van der Waals surface area contributed by atoms with E-state index < -0.39 is 0 Å². The molecule has 5 nitrogen and oxygen atoms in total. The molecule has 0 spiro atoms. The summed E-state index contributed by atoms with van der Waals surface area (Å²) >= 11 is 0. The molecule has 22 heavy (non-hydrogen) atoms. The topological polar surface area (TPSA) is 67.5 Å². The summed E-state index contributed by atoms with van der Waals surface area (Å²) in [6.07, 6.45) is 2.14. The third-order valence-corrected chi connectivity index (χ3v) is 3.47. The highest BCUT2D eigenvalue weighted by atomic mass is 19.1. The first-order chi connectivity index (χ1) is 10.6. The number of nitrogens with zero attached hydrogens (tertiary/aromatic N) is 1. The van der Waals surface area contributed by atoms with Crippen molar-refractivity contribution >= 4 is 0 Å². The van der Waals surface area contributed by atoms with Crippen molar-refractivity contribution in [3.05, 3.63) is 42.0 Å². The van der Waals surface area contributed by atoms with Crippen molar-refractivity contribution in [3.8, 4) is 11.5 Å². The Morgan fingerprint density at radius 1 is 1.36 bits per heavy atom. The first kappa shape index (κ1) is 16.6. The van der Waals surface area contributed by atoms with E-state index in [2.05, 4.69) is 10.3 Å². The summed E-state index contributed by atoms with van der Waals surface area (Å²) in [5, 5.41) is 12.5. The summed E-state index contributed by atoms with van der Waals surface area (Å²) in [6.45, 7) is 3.03. The Kier molecular flexibility index (Phi) is 5.65. The SMILES string of the molecule is COCC(C)(CCO)NCc1coc(-c2ccc(F)cc2)n1. The van der Waals surface area contributed by atoms with Crippen LogP contribution in [0.3, 0.4) is 0 Å². The van der Waals surface area contributed by atoms with Gasteiger partial charge in [-0.05, 0) is 37.6 Å². The molecule has 0 amide bonds. The zero-order chi connectivity index (χ0) is 16.0. The smallest absolute Gasteiger partial charge is 0.226 e. The lowest BCUT2D eigenvalue weighted by molar-refractivity contribution is 0.0967. The van der Waals surface area contributed by atoms with Gasteiger partial charge in [-0.25, -0.2) is 9.37 Å². The lowest BCUT2D eigenvalue weighted by Gasteiger charge is -2.29. The minimum absolute atomic E-state index is 0.0759. The Hall–Kier alpha value is -1.76. The van der Waals surface area contributed by atoms with Crippen LogP contribution in [0.4, 0.5) is 4.39 Å². The third-order valence-electron chi connectivity index (χ3n) is 3.47. The number of ether oxygens (including phenoxy) is 1. The van der Waals surface area contributed by atoms with Crippen LogP contribution in [-0.2, 0) is 11.3 Å². The van der Waals surface area contributed by atoms with E-state index in [1.165, 1.54) is 12.1 Å². The van der Waals surface area contributed by atoms with Gasteiger partial charge in [-0.1, -0.05) is 0 Å². The number of aliphatic hydroxyl groups is 1. The zero-order valence-electron chi connectivity index (χ0n) is 12.8. The maximum atomic E-state index is 12.9. The molecule has 0 aliphatic heterocycles. The minimum atomic E-state index is -0.335. The molecule has 2 N–H and O–H groups in total. The van der Waals surface area contributed by atoms with E-state index in [0.29, 0.717) is 25.5 Å². The number of halogens is 1. The highest BCUT2D eigenvalue weighted by molar-refractivity contribution is 5.52. The Morgan fingerprint density at radius 3 is 2.73 bits per heavy atom. The summed E-state index contributed by atoms with van der Waals surface area (Å²) in [6, 6.07) is 5.99. The van der Waals surface area contributed by atoms with Crippen molar-refractivity contribution in [1.29, 1.82) is 0 Å². The summed E-state index contributed by atoms with van der Waals surface area (Å²) in [5.41, 5.74) is 1.13. The molecule has 6 heteroatoms. The van der Waals surface area contributed by atoms with Crippen molar-refractivity contribution in [1.82, 2.24) is 10.3 Å². The van der Waals surface area contributed by atoms with E-state index in [4.69, 9.17) is 14.3 Å². The van der Waals surface area contributed by atoms with E-state index >= 15 is 0 Å². The average molecular weight is 308 g/mol. The first-order valence-corrected chi connectivity index (χ1v) is 7.11. The van der Waals surface area contributed by atoms with E-state index in [9.17, 15) is 4.39 Å². The quantitative estimate of drug-likeness (QED) is 0.783. The summed E-state index contributed by atoms with van der Waals surface area (Å²) in [4.78, 5) is 4.38. The van der Waals surface area contributed by atoms with Gasteiger partial charge in [-0.2, -0.15) is 0 Å². The van der Waals surface area contributed by atoms with Crippen LogP contribution in [0.5, 0.6) is 0 Å². The van der Waals surface area contributed by atoms with Gasteiger partial charge >= 0.3 is 0 Å². The molecule has 0 saturated heterocycles. The lowest BCUT2D eigenvalue weighted by atomic mass is 9.99. The Balaban J connectivity index is 2.01. The molecule has 0 aliphatic carbocycles. The molecule has 0 saturated carbocycles. The van der Waals surface area contributed by atoms with Crippen LogP contribution < -0.4 is 5.32 Å². The normalized spacial score (nSPS) is 14.0. The molecule has 0 aliphatic rings. The van der Waals surface area contributed by atoms with Gasteiger partial charge in [-0.3, -0.25) is 0 Å². The molecule has 0 radical (unpaired) electrons. The molecular formula is C16H21FN2O3. The molecule has 1 heterocycles. The summed E-state index contributed by atoms with van der Waals surface area (Å²) < 4.78 is 23.5. The molecule has 1 unspecified atom stereocenters. The van der Waals surface area contributed by atoms with Crippen molar-refractivity contribution in [2.75, 3.05) is 20.3 Å². The van der Waals surface area contributed by atoms with Crippen molar-refractivity contribution < 1.29 is 18.7 Å². The van der Waals surface area contributed by atoms with Crippen LogP contribution in [0.2, 0.25) is 0 Å². The number of nitrogens with one attached hydrogen (secondary N) is 1. The fourth-order valence-corrected chi connectivity index (χ4v) is 2.19. The van der Waals surface area contributed by atoms with Gasteiger partial charge in [0, 0.05) is 31.4 Å². The van der Waals surface area contributed by atoms with Crippen LogP contribution >= 0.6 is 0 Å². The predicted octanol–water partition coefficient (Wildman–Crippen LogP) is 2.36. The number of rotatable bonds is 8. The van der Waals surface area contributed by atoms with Gasteiger partial charge in [0.2, 0.25) is 5.89 Å². The summed E-state index contributed by atoms with van der Waals surface area (Å²) in [7, 11) is 1.63. The number of aromatic nitrogens is 1. The molecule has 2 aromatic rings. The number of aliphatic hydroxyl groups excluding tert-OH is 1. The average Bonchev–Trinajstić information content (AvgIpc) is 2.96. The Morgan fingerprint density at radius 2 is 2.09 bits per heavy atom. The highest BCUT2D eigenvalue weighted by Gasteiger charge is 2.23. The molecule has 1 atom stereocenters. The van der Waals surface area contributed by atoms with Crippen LogP contribution in [-0.4, -0.2) is 36.0 Å². The van der Waals surface area contributed by atoms with Gasteiger partial charge in [0.25, 0.3) is 0 Å². The van der Waals surface area contributed by atoms with Crippen molar-refractivity contribution in [2.24, 2.45) is 0 Å². The van der Waals surface area contributed by atoms with Crippen LogP contribution in [0.25, 0.3) is 11.5 Å². The van der Waals surface area contributed by atoms with Gasteiger partial charge in [0.15, 0.2) is 0 Å². The van der Waals surface area contributed by atoms with Gasteiger partial charge in [0.1, 0.15) is 12.1 Å². The zero-order valence-corrected chi connectivity index (χ0v) is 12.8. The van der Waals surface area contributed by atoms with Gasteiger partial charge < -0.3 is 19.6 Å². The van der Waals surface area contributed by atoms with Crippen LogP contribution in [0.15, 0.2) is 34.9 Å². The van der Waals surface area contributed by atoms with E-state index in [1.807, 2.05) is 6.92 Å². The Bertz CT molecular complexity index is 577. The number of hydrogen-bond donors (Lipinski definition) is 2. The fraction of sp³-hybridized carbons (Fsp3) is 0.438. The van der Waals surface area contributed by atoms with Gasteiger partial charge in [0.05, 0.1) is 12.3 Å². The summed E-state index contributed by atoms with van der Waals surface area (Å²) in [5.74, 6) is 0.156. The number of methoxy groups -OCH3 is 1. The van der Waals surface area contributed by atoms with Crippen LogP contribution in [0, 0.1) is 5.82 Å². The second kappa shape index (κ2) is 7.49. The first-order valence-electron chi connectivity index (χ1n) is 7.11. The fourth-order valence-electron chi connectivity index (χ4n) is 2.19. The maximum absolute atomic E-state index is 12.9. The molecule has 0 bridgehead atoms. The second-order valence-electron chi connectivity index (χ2n) is 5.47. The highest BCUT2D eigenvalue weighted by Crippen LogP contribution is 2.19. The molecule has 1 aromatic carbocycles. The molecule has 1 aromatic heterocycles. The third kappa shape index (κ3) is 4.37. The van der Waals surface area contributed by atoms with E-state index in [0.717, 1.165) is 11.3 Å². The van der Waals surface area contributed by atoms with E-state index in [1.54, 1.807) is 25.5 Å². The van der Waals surface area contributed by atoms with Gasteiger partial charge in [-0.15, -0.1) is 0 Å². The minimum Gasteiger partial charge on any atom is -0.444 e. The molecular weight excluding hydrogens is 287 g/mol. The number of hydrogen-bond acceptors (Lipinski definition) is 5. The molecule has 120 valence electrons. The predicted molar refractivity (Wildman–Crippen MR) is 80.7 cm³/mol. The Labute approximate surface area is 129 Å². The number of benzene rings is 1. The second-order valence-corrected chi connectivity index (χ2v) is 5.47. The maximum Gasteiger partial charge on any atom is 0.226 e. The monoisotopic (exact) mass is 308 g/mol. The molecule has 0 fully saturated rings. The van der Waals surface area contributed by atoms with Crippen LogP contribution in [0.1, 0.15) is 19.0 Å². The standard InChI is InChI=1S/C16H21FN2O3/c1-16(7-8-20,11-21-2)18-9-14-10-22-15(19-14)12-3-5-13(17)6-4-12/h3-6,10,18,20H,7-9,11H2,1-2H3. The lowest BCUT2D eigenvalue weighted by Crippen LogP contribution is -2.46. The number of oxazole rings is 1. The van der Waals surface area contributed by atoms with Crippen molar-refractivity contribution in [3.63, 3.8) is 0 Å².